The summed E-state index contributed by atoms with van der Waals surface area (Å²) in [7, 11) is -4.31. The molecule has 9 heteroatoms. The Morgan fingerprint density at radius 2 is 1.67 bits per heavy atom. The van der Waals surface area contributed by atoms with E-state index in [-0.39, 0.29) is 25.9 Å². The molecule has 0 saturated heterocycles. The molecule has 0 bridgehead atoms. The van der Waals surface area contributed by atoms with E-state index in [2.05, 4.69) is 0 Å². The minimum atomic E-state index is -4.31. The highest BCUT2D eigenvalue weighted by molar-refractivity contribution is 7.89. The number of benzene rings is 1. The number of halogens is 2. The predicted molar refractivity (Wildman–Crippen MR) is 70.0 cm³/mol. The second kappa shape index (κ2) is 6.97. The molecule has 112 valence electrons. The average molecular weight is 314 g/mol. The summed E-state index contributed by atoms with van der Waals surface area (Å²) in [5.41, 5.74) is 4.25. The third-order valence-corrected chi connectivity index (χ3v) is 4.57. The fourth-order valence-electron chi connectivity index (χ4n) is 1.59. The number of hydrogen-bond donors (Lipinski definition) is 1. The molecule has 0 aliphatic carbocycles. The maximum Gasteiger partial charge on any atom is 0.246 e. The van der Waals surface area contributed by atoms with Crippen LogP contribution in [-0.2, 0) is 10.0 Å². The van der Waals surface area contributed by atoms with Crippen molar-refractivity contribution in [3.63, 3.8) is 0 Å². The van der Waals surface area contributed by atoms with E-state index in [1.807, 2.05) is 0 Å². The first-order chi connectivity index (χ1) is 9.86. The molecule has 0 fully saturated rings. The molecule has 0 saturated carbocycles. The Kier molecular flexibility index (Phi) is 5.59. The first kappa shape index (κ1) is 16.8. The highest BCUT2D eigenvalue weighted by Crippen LogP contribution is 2.25. The van der Waals surface area contributed by atoms with Crippen LogP contribution < -0.4 is 5.73 Å². The molecule has 6 nitrogen and oxygen atoms in total. The maximum absolute atomic E-state index is 13.9. The summed E-state index contributed by atoms with van der Waals surface area (Å²) in [4.78, 5) is -0.780. The second-order valence-electron chi connectivity index (χ2n) is 3.99. The lowest BCUT2D eigenvalue weighted by Gasteiger charge is -2.20. The third-order valence-electron chi connectivity index (χ3n) is 2.65. The van der Waals surface area contributed by atoms with Crippen molar-refractivity contribution in [3.05, 3.63) is 23.8 Å². The smallest absolute Gasteiger partial charge is 0.246 e. The van der Waals surface area contributed by atoms with Crippen LogP contribution in [0.15, 0.2) is 17.0 Å². The Morgan fingerprint density at radius 1 is 1.14 bits per heavy atom. The second-order valence-corrected chi connectivity index (χ2v) is 5.90. The van der Waals surface area contributed by atoms with E-state index in [4.69, 9.17) is 16.3 Å². The van der Waals surface area contributed by atoms with Gasteiger partial charge in [0.1, 0.15) is 16.4 Å². The average Bonchev–Trinajstić information content (AvgIpc) is 2.44. The van der Waals surface area contributed by atoms with Crippen LogP contribution >= 0.6 is 0 Å². The Morgan fingerprint density at radius 3 is 2.14 bits per heavy atom. The number of nitrogens with two attached hydrogens (primary N) is 1. The molecule has 0 aliphatic rings. The van der Waals surface area contributed by atoms with Crippen molar-refractivity contribution in [2.24, 2.45) is 0 Å². The molecule has 0 aromatic heterocycles. The third kappa shape index (κ3) is 3.66. The number of nitrogen functional groups attached to an aromatic ring is 1. The van der Waals surface area contributed by atoms with E-state index in [1.165, 1.54) is 0 Å². The highest BCUT2D eigenvalue weighted by atomic mass is 32.2. The van der Waals surface area contributed by atoms with E-state index in [9.17, 15) is 17.2 Å². The lowest BCUT2D eigenvalue weighted by Crippen LogP contribution is -2.33. The van der Waals surface area contributed by atoms with Crippen molar-refractivity contribution in [1.29, 1.82) is 10.5 Å². The summed E-state index contributed by atoms with van der Waals surface area (Å²) < 4.78 is 52.4. The van der Waals surface area contributed by atoms with Crippen molar-refractivity contribution >= 4 is 15.7 Å². The molecule has 21 heavy (non-hydrogen) atoms. The number of nitrogens with zero attached hydrogens (tertiary/aromatic N) is 3. The Hall–Kier alpha value is -2.23. The van der Waals surface area contributed by atoms with Gasteiger partial charge in [-0.05, 0) is 12.1 Å². The van der Waals surface area contributed by atoms with Crippen molar-refractivity contribution in [2.75, 3.05) is 18.8 Å². The standard InChI is InChI=1S/C12H12F2N4O2S/c13-9-3-4-10(11(14)12(9)17)21(19,20)18(7-1-5-15)8-2-6-16/h3-4H,1-2,7-8,17H2. The lowest BCUT2D eigenvalue weighted by atomic mass is 10.3. The number of sulfonamides is 1. The molecule has 1 rings (SSSR count). The number of anilines is 1. The lowest BCUT2D eigenvalue weighted by molar-refractivity contribution is 0.420. The molecule has 0 amide bonds. The van der Waals surface area contributed by atoms with Crippen molar-refractivity contribution < 1.29 is 17.2 Å². The minimum Gasteiger partial charge on any atom is -0.394 e. The van der Waals surface area contributed by atoms with Crippen LogP contribution in [0.25, 0.3) is 0 Å². The van der Waals surface area contributed by atoms with Gasteiger partial charge in [-0.15, -0.1) is 0 Å². The maximum atomic E-state index is 13.9. The summed E-state index contributed by atoms with van der Waals surface area (Å²) in [6.45, 7) is -0.394. The summed E-state index contributed by atoms with van der Waals surface area (Å²) in [5, 5.41) is 17.1. The minimum absolute atomic E-state index is 0.122. The SMILES string of the molecule is N#CCCN(CCC#N)S(=O)(=O)c1ccc(F)c(N)c1F. The van der Waals surface area contributed by atoms with Crippen LogP contribution in [0.3, 0.4) is 0 Å². The number of rotatable bonds is 6. The molecule has 1 aromatic rings. The molecule has 0 radical (unpaired) electrons. The predicted octanol–water partition coefficient (Wildman–Crippen LogP) is 1.37. The van der Waals surface area contributed by atoms with Crippen LogP contribution in [0, 0.1) is 34.3 Å². The van der Waals surface area contributed by atoms with E-state index in [0.29, 0.717) is 0 Å². The molecule has 0 aliphatic heterocycles. The van der Waals surface area contributed by atoms with Crippen LogP contribution in [0.2, 0.25) is 0 Å². The molecule has 2 N–H and O–H groups in total. The summed E-state index contributed by atoms with van der Waals surface area (Å²) in [6, 6.07) is 5.05. The van der Waals surface area contributed by atoms with Gasteiger partial charge in [0.2, 0.25) is 10.0 Å². The summed E-state index contributed by atoms with van der Waals surface area (Å²) >= 11 is 0. The van der Waals surface area contributed by atoms with Gasteiger partial charge in [-0.2, -0.15) is 14.8 Å². The first-order valence-electron chi connectivity index (χ1n) is 5.83. The van der Waals surface area contributed by atoms with Crippen molar-refractivity contribution in [3.8, 4) is 12.1 Å². The zero-order valence-electron chi connectivity index (χ0n) is 10.9. The van der Waals surface area contributed by atoms with Gasteiger partial charge in [-0.25, -0.2) is 17.2 Å². The topological polar surface area (TPSA) is 111 Å². The zero-order chi connectivity index (χ0) is 16.0. The molecule has 0 atom stereocenters. The Labute approximate surface area is 121 Å². The van der Waals surface area contributed by atoms with Crippen LogP contribution in [-0.4, -0.2) is 25.8 Å². The molecular weight excluding hydrogens is 302 g/mol. The van der Waals surface area contributed by atoms with Crippen molar-refractivity contribution in [2.45, 2.75) is 17.7 Å². The van der Waals surface area contributed by atoms with Gasteiger partial charge >= 0.3 is 0 Å². The van der Waals surface area contributed by atoms with E-state index in [1.54, 1.807) is 12.1 Å². The van der Waals surface area contributed by atoms with Gasteiger partial charge in [0, 0.05) is 25.9 Å². The van der Waals surface area contributed by atoms with Crippen molar-refractivity contribution in [1.82, 2.24) is 4.31 Å². The zero-order valence-corrected chi connectivity index (χ0v) is 11.7. The van der Waals surface area contributed by atoms with Gasteiger partial charge in [-0.1, -0.05) is 0 Å². The number of hydrogen-bond acceptors (Lipinski definition) is 5. The van der Waals surface area contributed by atoms with Gasteiger partial charge in [-0.3, -0.25) is 0 Å². The van der Waals surface area contributed by atoms with E-state index < -0.39 is 32.2 Å². The molecule has 1 aromatic carbocycles. The molecular formula is C12H12F2N4O2S. The fourth-order valence-corrected chi connectivity index (χ4v) is 3.11. The van der Waals surface area contributed by atoms with Crippen LogP contribution in [0.4, 0.5) is 14.5 Å². The van der Waals surface area contributed by atoms with Gasteiger partial charge in [0.25, 0.3) is 0 Å². The van der Waals surface area contributed by atoms with Crippen LogP contribution in [0.5, 0.6) is 0 Å². The largest absolute Gasteiger partial charge is 0.394 e. The molecule has 0 unspecified atom stereocenters. The van der Waals surface area contributed by atoms with E-state index in [0.717, 1.165) is 16.4 Å². The normalized spacial score (nSPS) is 11.1. The van der Waals surface area contributed by atoms with Gasteiger partial charge in [0.05, 0.1) is 12.1 Å². The fraction of sp³-hybridized carbons (Fsp3) is 0.333. The Balaban J connectivity index is 3.26. The Bertz CT molecular complexity index is 689. The summed E-state index contributed by atoms with van der Waals surface area (Å²) in [6.07, 6.45) is -0.244. The van der Waals surface area contributed by atoms with E-state index >= 15 is 0 Å². The molecule has 0 spiro atoms. The number of nitriles is 2. The highest BCUT2D eigenvalue weighted by Gasteiger charge is 2.28. The van der Waals surface area contributed by atoms with Gasteiger partial charge < -0.3 is 5.73 Å². The summed E-state index contributed by atoms with van der Waals surface area (Å²) in [5.74, 6) is -2.44. The van der Waals surface area contributed by atoms with Crippen LogP contribution in [0.1, 0.15) is 12.8 Å². The molecule has 0 heterocycles. The monoisotopic (exact) mass is 314 g/mol. The quantitative estimate of drug-likeness (QED) is 0.797. The first-order valence-corrected chi connectivity index (χ1v) is 7.27. The van der Waals surface area contributed by atoms with Gasteiger partial charge in [0.15, 0.2) is 5.82 Å².